The third kappa shape index (κ3) is 1.67. The van der Waals surface area contributed by atoms with Crippen molar-refractivity contribution in [1.29, 1.82) is 0 Å². The van der Waals surface area contributed by atoms with Gasteiger partial charge in [-0.05, 0) is 44.2 Å². The summed E-state index contributed by atoms with van der Waals surface area (Å²) in [6, 6.07) is 20.7. The molecule has 3 aromatic rings. The quantitative estimate of drug-likeness (QED) is 0.592. The second-order valence-corrected chi connectivity index (χ2v) is 7.63. The predicted octanol–water partition coefficient (Wildman–Crippen LogP) is 2.68. The Morgan fingerprint density at radius 2 is 1.00 bits per heavy atom. The average molecular weight is 336 g/mol. The number of carbonyl (C=O) groups is 2. The van der Waals surface area contributed by atoms with Crippen LogP contribution in [-0.4, -0.2) is 11.6 Å². The van der Waals surface area contributed by atoms with Gasteiger partial charge in [0.15, 0.2) is 0 Å². The summed E-state index contributed by atoms with van der Waals surface area (Å²) in [6.07, 6.45) is 4.44. The molecule has 0 N–H and O–H groups in total. The molecule has 4 aliphatic carbocycles. The molecule has 7 rings (SSSR count). The maximum Gasteiger partial charge on any atom is 0.207 e. The molecule has 0 amide bonds. The van der Waals surface area contributed by atoms with E-state index in [0.717, 1.165) is 21.9 Å². The molecule has 4 atom stereocenters. The summed E-state index contributed by atoms with van der Waals surface area (Å²) < 4.78 is 0. The van der Waals surface area contributed by atoms with Crippen molar-refractivity contribution in [3.8, 4) is 0 Å². The van der Waals surface area contributed by atoms with E-state index in [1.54, 1.807) is 0 Å². The Balaban J connectivity index is 1.68. The van der Waals surface area contributed by atoms with Crippen molar-refractivity contribution in [2.45, 2.75) is 11.8 Å². The van der Waals surface area contributed by atoms with E-state index in [4.69, 9.17) is 0 Å². The van der Waals surface area contributed by atoms with Gasteiger partial charge in [0.25, 0.3) is 0 Å². The summed E-state index contributed by atoms with van der Waals surface area (Å²) in [5, 5.41) is 4.61. The molecular formula is C24H16O2. The van der Waals surface area contributed by atoms with Gasteiger partial charge in [-0.3, -0.25) is 9.59 Å². The molecule has 2 bridgehead atoms. The minimum absolute atomic E-state index is 0.0776. The number of benzene rings is 3. The Kier molecular flexibility index (Phi) is 2.62. The van der Waals surface area contributed by atoms with E-state index in [2.05, 4.69) is 48.6 Å². The van der Waals surface area contributed by atoms with Gasteiger partial charge < -0.3 is 0 Å². The normalized spacial score (nSPS) is 28.0. The molecule has 3 aromatic carbocycles. The highest BCUT2D eigenvalue weighted by Gasteiger charge is 2.55. The number of rotatable bonds is 0. The monoisotopic (exact) mass is 336 g/mol. The molecule has 2 nitrogen and oxygen atoms in total. The van der Waals surface area contributed by atoms with Gasteiger partial charge in [0.05, 0.1) is 11.8 Å². The lowest BCUT2D eigenvalue weighted by molar-refractivity contribution is -0.142. The highest BCUT2D eigenvalue weighted by Crippen LogP contribution is 2.54. The van der Waals surface area contributed by atoms with Crippen LogP contribution in [0.5, 0.6) is 0 Å². The molecule has 26 heavy (non-hydrogen) atoms. The molecule has 0 aliphatic heterocycles. The van der Waals surface area contributed by atoms with E-state index in [1.165, 1.54) is 10.4 Å². The molecule has 0 aromatic heterocycles. The Morgan fingerprint density at radius 1 is 0.577 bits per heavy atom. The summed E-state index contributed by atoms with van der Waals surface area (Å²) in [5.41, 5.74) is 2.12. The molecule has 4 aliphatic rings. The summed E-state index contributed by atoms with van der Waals surface area (Å²) >= 11 is 0. The SMILES string of the molecule is O=C1C(=O)[C@H]2c3cc4ccccc4cc3[C@@H]1C1C=c3ccccc3=CC12. The van der Waals surface area contributed by atoms with E-state index in [9.17, 15) is 9.59 Å². The van der Waals surface area contributed by atoms with Crippen LogP contribution in [0.4, 0.5) is 0 Å². The number of hydrogen-bond acceptors (Lipinski definition) is 2. The van der Waals surface area contributed by atoms with E-state index >= 15 is 0 Å². The summed E-state index contributed by atoms with van der Waals surface area (Å²) in [5.74, 6) is -0.947. The molecule has 124 valence electrons. The number of fused-ring (bicyclic) bond motifs is 3. The van der Waals surface area contributed by atoms with E-state index in [-0.39, 0.29) is 35.2 Å². The highest BCUT2D eigenvalue weighted by atomic mass is 16.2. The number of hydrogen-bond donors (Lipinski definition) is 0. The van der Waals surface area contributed by atoms with Crippen molar-refractivity contribution in [1.82, 2.24) is 0 Å². The van der Waals surface area contributed by atoms with Gasteiger partial charge in [0.2, 0.25) is 11.6 Å². The highest BCUT2D eigenvalue weighted by molar-refractivity contribution is 6.43. The van der Waals surface area contributed by atoms with Gasteiger partial charge in [-0.2, -0.15) is 0 Å². The van der Waals surface area contributed by atoms with E-state index in [1.807, 2.05) is 24.3 Å². The van der Waals surface area contributed by atoms with Crippen LogP contribution in [0.1, 0.15) is 23.0 Å². The first kappa shape index (κ1) is 14.2. The van der Waals surface area contributed by atoms with Crippen molar-refractivity contribution >= 4 is 34.5 Å². The van der Waals surface area contributed by atoms with Crippen molar-refractivity contribution in [3.05, 3.63) is 82.2 Å². The van der Waals surface area contributed by atoms with Crippen LogP contribution in [0, 0.1) is 11.8 Å². The molecule has 0 spiro atoms. The maximum absolute atomic E-state index is 12.9. The van der Waals surface area contributed by atoms with Crippen LogP contribution in [0.15, 0.2) is 60.7 Å². The minimum atomic E-state index is -0.346. The van der Waals surface area contributed by atoms with Crippen LogP contribution in [-0.2, 0) is 9.59 Å². The fourth-order valence-electron chi connectivity index (χ4n) is 5.26. The third-order valence-corrected chi connectivity index (χ3v) is 6.38. The number of Topliss-reactive ketones (excluding diaryl/α,β-unsaturated/α-hetero) is 2. The minimum Gasteiger partial charge on any atom is -0.290 e. The molecule has 1 fully saturated rings. The molecule has 0 radical (unpaired) electrons. The van der Waals surface area contributed by atoms with Crippen LogP contribution >= 0.6 is 0 Å². The largest absolute Gasteiger partial charge is 0.290 e. The molecule has 0 heterocycles. The van der Waals surface area contributed by atoms with Gasteiger partial charge in [-0.25, -0.2) is 0 Å². The van der Waals surface area contributed by atoms with Gasteiger partial charge in [-0.1, -0.05) is 72.8 Å². The number of carbonyl (C=O) groups excluding carboxylic acids is 2. The second kappa shape index (κ2) is 4.79. The second-order valence-electron chi connectivity index (χ2n) is 7.63. The zero-order chi connectivity index (χ0) is 17.4. The zero-order valence-electron chi connectivity index (χ0n) is 14.1. The third-order valence-electron chi connectivity index (χ3n) is 6.38. The number of ketones is 2. The van der Waals surface area contributed by atoms with Crippen molar-refractivity contribution in [2.75, 3.05) is 0 Å². The summed E-state index contributed by atoms with van der Waals surface area (Å²) in [4.78, 5) is 25.7. The van der Waals surface area contributed by atoms with E-state index in [0.29, 0.717) is 0 Å². The lowest BCUT2D eigenvalue weighted by Crippen LogP contribution is -2.51. The van der Waals surface area contributed by atoms with Gasteiger partial charge in [0, 0.05) is 0 Å². The summed E-state index contributed by atoms with van der Waals surface area (Å²) in [7, 11) is 0. The zero-order valence-corrected chi connectivity index (χ0v) is 14.1. The van der Waals surface area contributed by atoms with Crippen LogP contribution in [0.3, 0.4) is 0 Å². The van der Waals surface area contributed by atoms with Gasteiger partial charge in [0.1, 0.15) is 0 Å². The van der Waals surface area contributed by atoms with Crippen molar-refractivity contribution in [3.63, 3.8) is 0 Å². The molecule has 2 unspecified atom stereocenters. The molecule has 1 saturated carbocycles. The Morgan fingerprint density at radius 3 is 1.46 bits per heavy atom. The molecule has 0 saturated heterocycles. The summed E-state index contributed by atoms with van der Waals surface area (Å²) in [6.45, 7) is 0. The standard InChI is InChI=1S/C24H16O2/c25-23-21-17-9-13-5-1-2-6-14(13)10-18(17)22(24(23)26)20-12-16-8-4-3-7-15(16)11-19(20)21/h1-12,17-18,21-22H/t17?,18?,21-,22+. The first-order chi connectivity index (χ1) is 12.7. The lowest BCUT2D eigenvalue weighted by Gasteiger charge is -2.46. The Labute approximate surface area is 150 Å². The topological polar surface area (TPSA) is 34.1 Å². The smallest absolute Gasteiger partial charge is 0.207 e. The van der Waals surface area contributed by atoms with Crippen LogP contribution in [0.2, 0.25) is 0 Å². The predicted molar refractivity (Wildman–Crippen MR) is 101 cm³/mol. The maximum atomic E-state index is 12.9. The lowest BCUT2D eigenvalue weighted by atomic mass is 9.54. The van der Waals surface area contributed by atoms with Crippen molar-refractivity contribution < 1.29 is 9.59 Å². The first-order valence-electron chi connectivity index (χ1n) is 9.12. The van der Waals surface area contributed by atoms with E-state index < -0.39 is 0 Å². The first-order valence-corrected chi connectivity index (χ1v) is 9.12. The van der Waals surface area contributed by atoms with Gasteiger partial charge >= 0.3 is 0 Å². The Bertz CT molecular complexity index is 1150. The molecular weight excluding hydrogens is 320 g/mol. The van der Waals surface area contributed by atoms with Crippen LogP contribution < -0.4 is 10.4 Å². The fourth-order valence-corrected chi connectivity index (χ4v) is 5.26. The van der Waals surface area contributed by atoms with Crippen molar-refractivity contribution in [2.24, 2.45) is 11.8 Å². The average Bonchev–Trinajstić information content (AvgIpc) is 2.67. The molecule has 2 heteroatoms. The fraction of sp³-hybridized carbons (Fsp3) is 0.167. The van der Waals surface area contributed by atoms with Crippen LogP contribution in [0.25, 0.3) is 22.9 Å². The Hall–Kier alpha value is -3.00. The van der Waals surface area contributed by atoms with Gasteiger partial charge in [-0.15, -0.1) is 0 Å².